The molecule has 1 unspecified atom stereocenters. The highest BCUT2D eigenvalue weighted by Gasteiger charge is 2.03. The average Bonchev–Trinajstić information content (AvgIpc) is 1.82. The number of carboxylic acid groups (broad SMARTS) is 1. The highest BCUT2D eigenvalue weighted by atomic mass is 32.1. The standard InChI is InChI=1S/C7H15NO2S/c1-8(2)4-3-6(11)5-7(9)10/h6,11H,3-5H2,1-2H3,(H,9,10)/p-1. The van der Waals surface area contributed by atoms with Gasteiger partial charge in [0.15, 0.2) is 0 Å². The van der Waals surface area contributed by atoms with Gasteiger partial charge in [0.2, 0.25) is 0 Å². The van der Waals surface area contributed by atoms with Crippen LogP contribution in [0.5, 0.6) is 0 Å². The van der Waals surface area contributed by atoms with Crippen molar-refractivity contribution in [1.29, 1.82) is 0 Å². The lowest BCUT2D eigenvalue weighted by molar-refractivity contribution is -0.305. The van der Waals surface area contributed by atoms with Crippen LogP contribution in [0.4, 0.5) is 0 Å². The monoisotopic (exact) mass is 176 g/mol. The SMILES string of the molecule is CN(C)CCC(S)CC(=O)[O-]. The smallest absolute Gasteiger partial charge is 0.0425 e. The maximum atomic E-state index is 10.1. The lowest BCUT2D eigenvalue weighted by Crippen LogP contribution is -2.27. The Balaban J connectivity index is 3.37. The molecule has 0 radical (unpaired) electrons. The first-order valence-corrected chi connectivity index (χ1v) is 4.06. The van der Waals surface area contributed by atoms with Gasteiger partial charge in [-0.25, -0.2) is 0 Å². The highest BCUT2D eigenvalue weighted by Crippen LogP contribution is 2.05. The molecule has 66 valence electrons. The zero-order valence-corrected chi connectivity index (χ0v) is 7.80. The summed E-state index contributed by atoms with van der Waals surface area (Å²) in [7, 11) is 3.89. The van der Waals surface area contributed by atoms with Gasteiger partial charge in [0.05, 0.1) is 0 Å². The summed E-state index contributed by atoms with van der Waals surface area (Å²) in [5, 5.41) is 10.00. The van der Waals surface area contributed by atoms with Crippen molar-refractivity contribution in [3.63, 3.8) is 0 Å². The van der Waals surface area contributed by atoms with Gasteiger partial charge in [-0.1, -0.05) is 0 Å². The molecule has 0 saturated carbocycles. The minimum Gasteiger partial charge on any atom is -0.550 e. The van der Waals surface area contributed by atoms with E-state index in [-0.39, 0.29) is 11.7 Å². The van der Waals surface area contributed by atoms with Crippen molar-refractivity contribution in [1.82, 2.24) is 4.90 Å². The van der Waals surface area contributed by atoms with Gasteiger partial charge in [-0.3, -0.25) is 0 Å². The Morgan fingerprint density at radius 3 is 2.55 bits per heavy atom. The third kappa shape index (κ3) is 7.68. The van der Waals surface area contributed by atoms with Gasteiger partial charge < -0.3 is 14.8 Å². The predicted molar refractivity (Wildman–Crippen MR) is 45.6 cm³/mol. The third-order valence-electron chi connectivity index (χ3n) is 1.31. The van der Waals surface area contributed by atoms with Crippen molar-refractivity contribution in [2.45, 2.75) is 18.1 Å². The molecule has 4 heteroatoms. The first-order valence-electron chi connectivity index (χ1n) is 3.55. The normalized spacial score (nSPS) is 13.5. The highest BCUT2D eigenvalue weighted by molar-refractivity contribution is 7.81. The summed E-state index contributed by atoms with van der Waals surface area (Å²) in [4.78, 5) is 12.1. The van der Waals surface area contributed by atoms with E-state index in [1.165, 1.54) is 0 Å². The maximum absolute atomic E-state index is 10.1. The molecule has 3 nitrogen and oxygen atoms in total. The minimum atomic E-state index is -1.02. The second-order valence-electron chi connectivity index (χ2n) is 2.82. The molecule has 0 aliphatic carbocycles. The second-order valence-corrected chi connectivity index (χ2v) is 3.55. The van der Waals surface area contributed by atoms with Gasteiger partial charge in [0, 0.05) is 11.2 Å². The van der Waals surface area contributed by atoms with E-state index in [0.717, 1.165) is 13.0 Å². The van der Waals surface area contributed by atoms with Gasteiger partial charge >= 0.3 is 0 Å². The van der Waals surface area contributed by atoms with Crippen LogP contribution in [0, 0.1) is 0 Å². The zero-order valence-electron chi connectivity index (χ0n) is 6.91. The van der Waals surface area contributed by atoms with Crippen LogP contribution in [0.1, 0.15) is 12.8 Å². The van der Waals surface area contributed by atoms with Crippen LogP contribution >= 0.6 is 12.6 Å². The Morgan fingerprint density at radius 2 is 2.18 bits per heavy atom. The molecule has 11 heavy (non-hydrogen) atoms. The molecule has 0 aliphatic rings. The zero-order chi connectivity index (χ0) is 8.85. The Labute approximate surface area is 72.8 Å². The average molecular weight is 176 g/mol. The molecule has 0 aliphatic heterocycles. The fraction of sp³-hybridized carbons (Fsp3) is 0.857. The van der Waals surface area contributed by atoms with Crippen molar-refractivity contribution >= 4 is 18.6 Å². The molecule has 0 amide bonds. The summed E-state index contributed by atoms with van der Waals surface area (Å²) >= 11 is 4.10. The molecule has 0 aromatic carbocycles. The molecular weight excluding hydrogens is 162 g/mol. The van der Waals surface area contributed by atoms with Crippen molar-refractivity contribution in [2.24, 2.45) is 0 Å². The van der Waals surface area contributed by atoms with Crippen LogP contribution in [0.2, 0.25) is 0 Å². The van der Waals surface area contributed by atoms with Crippen LogP contribution in [0.3, 0.4) is 0 Å². The quantitative estimate of drug-likeness (QED) is 0.568. The van der Waals surface area contributed by atoms with Crippen LogP contribution in [0.15, 0.2) is 0 Å². The van der Waals surface area contributed by atoms with Crippen LogP contribution < -0.4 is 5.11 Å². The molecule has 0 aromatic heterocycles. The van der Waals surface area contributed by atoms with Crippen molar-refractivity contribution < 1.29 is 9.90 Å². The predicted octanol–water partition coefficient (Wildman–Crippen LogP) is -0.624. The van der Waals surface area contributed by atoms with E-state index in [1.54, 1.807) is 0 Å². The lowest BCUT2D eigenvalue weighted by atomic mass is 10.2. The molecule has 0 rings (SSSR count). The molecular formula is C7H14NO2S-. The van der Waals surface area contributed by atoms with Crippen molar-refractivity contribution in [2.75, 3.05) is 20.6 Å². The van der Waals surface area contributed by atoms with Gasteiger partial charge in [-0.15, -0.1) is 0 Å². The van der Waals surface area contributed by atoms with E-state index in [1.807, 2.05) is 19.0 Å². The summed E-state index contributed by atoms with van der Waals surface area (Å²) in [6.07, 6.45) is 0.820. The Kier molecular flexibility index (Phi) is 5.32. The Bertz CT molecular complexity index is 128. The molecule has 0 bridgehead atoms. The summed E-state index contributed by atoms with van der Waals surface area (Å²) in [5.74, 6) is -1.02. The first kappa shape index (κ1) is 10.8. The van der Waals surface area contributed by atoms with E-state index < -0.39 is 5.97 Å². The van der Waals surface area contributed by atoms with Gasteiger partial charge in [0.25, 0.3) is 0 Å². The first-order chi connectivity index (χ1) is 5.02. The molecule has 0 aromatic rings. The molecule has 1 atom stereocenters. The van der Waals surface area contributed by atoms with Crippen LogP contribution in [-0.2, 0) is 4.79 Å². The minimum absolute atomic E-state index is 0.0386. The summed E-state index contributed by atoms with van der Waals surface area (Å²) in [6, 6.07) is 0. The topological polar surface area (TPSA) is 43.4 Å². The second kappa shape index (κ2) is 5.43. The van der Waals surface area contributed by atoms with E-state index in [4.69, 9.17) is 0 Å². The summed E-state index contributed by atoms with van der Waals surface area (Å²) in [5.41, 5.74) is 0. The fourth-order valence-corrected chi connectivity index (χ4v) is 0.966. The van der Waals surface area contributed by atoms with Gasteiger partial charge in [0.1, 0.15) is 0 Å². The molecule has 0 saturated heterocycles. The maximum Gasteiger partial charge on any atom is 0.0425 e. The number of carbonyl (C=O) groups excluding carboxylic acids is 1. The fourth-order valence-electron chi connectivity index (χ4n) is 0.702. The number of nitrogens with zero attached hydrogens (tertiary/aromatic N) is 1. The number of carbonyl (C=O) groups is 1. The third-order valence-corrected chi connectivity index (χ3v) is 1.75. The Hall–Kier alpha value is -0.220. The van der Waals surface area contributed by atoms with Crippen molar-refractivity contribution in [3.05, 3.63) is 0 Å². The molecule has 0 spiro atoms. The number of carboxylic acids is 1. The van der Waals surface area contributed by atoms with Crippen molar-refractivity contribution in [3.8, 4) is 0 Å². The molecule has 0 heterocycles. The summed E-state index contributed by atoms with van der Waals surface area (Å²) in [6.45, 7) is 0.863. The molecule has 0 fully saturated rings. The number of rotatable bonds is 5. The van der Waals surface area contributed by atoms with E-state index in [2.05, 4.69) is 12.6 Å². The Morgan fingerprint density at radius 1 is 1.64 bits per heavy atom. The lowest BCUT2D eigenvalue weighted by Gasteiger charge is -2.14. The summed E-state index contributed by atoms with van der Waals surface area (Å²) < 4.78 is 0. The molecule has 0 N–H and O–H groups in total. The number of hydrogen-bond acceptors (Lipinski definition) is 4. The number of aliphatic carboxylic acids is 1. The van der Waals surface area contributed by atoms with Gasteiger partial charge in [-0.05, 0) is 33.5 Å². The van der Waals surface area contributed by atoms with E-state index >= 15 is 0 Å². The van der Waals surface area contributed by atoms with Crippen LogP contribution in [0.25, 0.3) is 0 Å². The van der Waals surface area contributed by atoms with Gasteiger partial charge in [-0.2, -0.15) is 12.6 Å². The van der Waals surface area contributed by atoms with E-state index in [9.17, 15) is 9.90 Å². The van der Waals surface area contributed by atoms with E-state index in [0.29, 0.717) is 0 Å². The largest absolute Gasteiger partial charge is 0.550 e. The number of thiol groups is 1. The van der Waals surface area contributed by atoms with Crippen LogP contribution in [-0.4, -0.2) is 36.8 Å². The number of hydrogen-bond donors (Lipinski definition) is 1.